The van der Waals surface area contributed by atoms with E-state index < -0.39 is 0 Å². The van der Waals surface area contributed by atoms with Crippen molar-refractivity contribution >= 4 is 5.69 Å². The van der Waals surface area contributed by atoms with Crippen molar-refractivity contribution in [2.45, 2.75) is 12.8 Å². The fraction of sp³-hybridized carbons (Fsp3) is 0.333. The number of nitrogens with zero attached hydrogens (tertiary/aromatic N) is 1. The van der Waals surface area contributed by atoms with Crippen molar-refractivity contribution in [3.63, 3.8) is 0 Å². The van der Waals surface area contributed by atoms with E-state index >= 15 is 0 Å². The number of hydrogen-bond donors (Lipinski definition) is 0. The van der Waals surface area contributed by atoms with Gasteiger partial charge in [0.25, 0.3) is 0 Å². The van der Waals surface area contributed by atoms with E-state index in [0.717, 1.165) is 6.54 Å². The first-order valence-corrected chi connectivity index (χ1v) is 4.58. The minimum absolute atomic E-state index is 0. The molecule has 0 unspecified atom stereocenters. The maximum absolute atomic E-state index is 2.42. The second kappa shape index (κ2) is 7.37. The molecule has 0 atom stereocenters. The molecular weight excluding hydrogens is 396 g/mol. The first-order valence-electron chi connectivity index (χ1n) is 4.58. The number of piperidine rings is 1. The Morgan fingerprint density at radius 3 is 2.43 bits per heavy atom. The summed E-state index contributed by atoms with van der Waals surface area (Å²) >= 11 is 0. The van der Waals surface area contributed by atoms with Crippen LogP contribution in [0.5, 0.6) is 0 Å². The van der Waals surface area contributed by atoms with Gasteiger partial charge in [0.15, 0.2) is 0 Å². The van der Waals surface area contributed by atoms with Crippen molar-refractivity contribution in [1.82, 2.24) is 0 Å². The van der Waals surface area contributed by atoms with Crippen LogP contribution in [-0.4, -0.2) is 13.1 Å². The summed E-state index contributed by atoms with van der Waals surface area (Å²) in [5.41, 5.74) is 1.36. The smallest absolute Gasteiger partial charge is 0.726 e. The predicted octanol–water partition coefficient (Wildman–Crippen LogP) is 2.70. The Bertz CT molecular complexity index is 229. The maximum atomic E-state index is 2.42. The standard InChI is InChI=1S/C11H14N.CH.U/c1-3-7-11(8-4-1)12-9-5-2-6-10-12;;/h1,3-5,7-8H,2,6,9-10H2;1H;/q2*-1;+2. The molecule has 0 bridgehead atoms. The van der Waals surface area contributed by atoms with Crippen molar-refractivity contribution in [3.05, 3.63) is 44.2 Å². The molecule has 1 nitrogen and oxygen atoms in total. The molecule has 1 aromatic rings. The van der Waals surface area contributed by atoms with E-state index in [4.69, 9.17) is 0 Å². The van der Waals surface area contributed by atoms with Gasteiger partial charge in [-0.15, -0.1) is 6.54 Å². The molecule has 14 heavy (non-hydrogen) atoms. The SMILES string of the molecule is [CH-].[U+2].c1ccc(N2C[CH-]CCC2)cc1. The Labute approximate surface area is 111 Å². The van der Waals surface area contributed by atoms with E-state index in [9.17, 15) is 0 Å². The zero-order chi connectivity index (χ0) is 8.23. The van der Waals surface area contributed by atoms with E-state index in [-0.39, 0.29) is 38.5 Å². The van der Waals surface area contributed by atoms with Crippen LogP contribution >= 0.6 is 0 Å². The minimum atomic E-state index is 0. The van der Waals surface area contributed by atoms with Gasteiger partial charge in [-0.2, -0.15) is 6.42 Å². The van der Waals surface area contributed by atoms with Crippen molar-refractivity contribution in [2.24, 2.45) is 0 Å². The molecule has 0 saturated carbocycles. The van der Waals surface area contributed by atoms with Crippen LogP contribution in [0.2, 0.25) is 0 Å². The summed E-state index contributed by atoms with van der Waals surface area (Å²) in [5.74, 6) is 0. The molecule has 2 heteroatoms. The van der Waals surface area contributed by atoms with Gasteiger partial charge < -0.3 is 18.7 Å². The number of para-hydroxylation sites is 1. The summed E-state index contributed by atoms with van der Waals surface area (Å²) in [6, 6.07) is 10.6. The summed E-state index contributed by atoms with van der Waals surface area (Å²) in [6.45, 7) is 2.32. The molecular formula is C12H15NU. The monoisotopic (exact) mass is 411 g/mol. The van der Waals surface area contributed by atoms with E-state index in [1.807, 2.05) is 0 Å². The Morgan fingerprint density at radius 2 is 1.86 bits per heavy atom. The second-order valence-electron chi connectivity index (χ2n) is 3.21. The number of rotatable bonds is 1. The van der Waals surface area contributed by atoms with Crippen LogP contribution in [0, 0.1) is 45.0 Å². The molecule has 0 spiro atoms. The van der Waals surface area contributed by atoms with Gasteiger partial charge in [0.2, 0.25) is 0 Å². The quantitative estimate of drug-likeness (QED) is 0.643. The van der Waals surface area contributed by atoms with Crippen molar-refractivity contribution < 1.29 is 31.1 Å². The zero-order valence-corrected chi connectivity index (χ0v) is 12.5. The van der Waals surface area contributed by atoms with Gasteiger partial charge in [-0.1, -0.05) is 24.6 Å². The van der Waals surface area contributed by atoms with E-state index in [1.165, 1.54) is 25.1 Å². The Hall–Kier alpha value is 0.0719. The molecule has 2 rings (SSSR count). The third kappa shape index (κ3) is 3.67. The summed E-state index contributed by atoms with van der Waals surface area (Å²) in [4.78, 5) is 2.42. The van der Waals surface area contributed by atoms with Gasteiger partial charge in [0.1, 0.15) is 0 Å². The normalized spacial score (nSPS) is 15.3. The van der Waals surface area contributed by atoms with Crippen LogP contribution in [0.3, 0.4) is 0 Å². The molecule has 0 aromatic heterocycles. The van der Waals surface area contributed by atoms with E-state index in [0.29, 0.717) is 0 Å². The van der Waals surface area contributed by atoms with Crippen LogP contribution in [0.25, 0.3) is 0 Å². The molecule has 1 heterocycles. The summed E-state index contributed by atoms with van der Waals surface area (Å²) in [5, 5.41) is 0. The van der Waals surface area contributed by atoms with Crippen LogP contribution in [0.1, 0.15) is 12.8 Å². The third-order valence-electron chi connectivity index (χ3n) is 2.31. The first kappa shape index (κ1) is 14.1. The molecule has 0 amide bonds. The Morgan fingerprint density at radius 1 is 1.14 bits per heavy atom. The molecule has 1 fully saturated rings. The number of hydrogen-bond acceptors (Lipinski definition) is 1. The summed E-state index contributed by atoms with van der Waals surface area (Å²) in [6.07, 6.45) is 4.94. The summed E-state index contributed by atoms with van der Waals surface area (Å²) < 4.78 is 0. The minimum Gasteiger partial charge on any atom is -0.726 e. The maximum Gasteiger partial charge on any atom is 2.00 e. The van der Waals surface area contributed by atoms with Gasteiger partial charge >= 0.3 is 31.1 Å². The van der Waals surface area contributed by atoms with Crippen LogP contribution < -0.4 is 4.90 Å². The van der Waals surface area contributed by atoms with Crippen molar-refractivity contribution in [2.75, 3.05) is 18.0 Å². The topological polar surface area (TPSA) is 3.24 Å². The molecule has 1 aliphatic heterocycles. The molecule has 1 saturated heterocycles. The molecule has 1 aliphatic rings. The third-order valence-corrected chi connectivity index (χ3v) is 2.31. The second-order valence-corrected chi connectivity index (χ2v) is 3.21. The first-order chi connectivity index (χ1) is 5.97. The molecule has 1 aromatic carbocycles. The fourth-order valence-electron chi connectivity index (χ4n) is 1.64. The molecule has 0 N–H and O–H groups in total. The van der Waals surface area contributed by atoms with Gasteiger partial charge in [-0.25, -0.2) is 0 Å². The largest absolute Gasteiger partial charge is 2.00 e. The van der Waals surface area contributed by atoms with Gasteiger partial charge in [0.05, 0.1) is 0 Å². The summed E-state index contributed by atoms with van der Waals surface area (Å²) in [7, 11) is 0. The van der Waals surface area contributed by atoms with Gasteiger partial charge in [0, 0.05) is 12.2 Å². The number of anilines is 1. The zero-order valence-electron chi connectivity index (χ0n) is 8.32. The molecule has 2 radical (unpaired) electrons. The molecule has 0 aliphatic carbocycles. The van der Waals surface area contributed by atoms with E-state index in [1.54, 1.807) is 0 Å². The van der Waals surface area contributed by atoms with Crippen LogP contribution in [-0.2, 0) is 0 Å². The van der Waals surface area contributed by atoms with Crippen LogP contribution in [0.15, 0.2) is 30.3 Å². The predicted molar refractivity (Wildman–Crippen MR) is 56.5 cm³/mol. The Balaban J connectivity index is 0.000000845. The van der Waals surface area contributed by atoms with Crippen LogP contribution in [0.4, 0.5) is 5.69 Å². The van der Waals surface area contributed by atoms with Gasteiger partial charge in [-0.05, 0) is 12.1 Å². The Kier molecular flexibility index (Phi) is 7.41. The average Bonchev–Trinajstić information content (AvgIpc) is 2.21. The fourth-order valence-corrected chi connectivity index (χ4v) is 1.64. The van der Waals surface area contributed by atoms with Gasteiger partial charge in [-0.3, -0.25) is 0 Å². The van der Waals surface area contributed by atoms with Crippen molar-refractivity contribution in [3.8, 4) is 0 Å². The van der Waals surface area contributed by atoms with Crippen molar-refractivity contribution in [1.29, 1.82) is 0 Å². The number of benzene rings is 1. The molecule has 72 valence electrons. The van der Waals surface area contributed by atoms with E-state index in [2.05, 4.69) is 41.7 Å². The average molecular weight is 411 g/mol.